The van der Waals surface area contributed by atoms with Crippen LogP contribution in [0.15, 0.2) is 24.5 Å². The van der Waals surface area contributed by atoms with Gasteiger partial charge < -0.3 is 5.32 Å². The van der Waals surface area contributed by atoms with Crippen LogP contribution >= 0.6 is 11.3 Å². The molecule has 1 aromatic carbocycles. The van der Waals surface area contributed by atoms with Crippen molar-refractivity contribution in [2.45, 2.75) is 25.8 Å². The lowest BCUT2D eigenvalue weighted by Crippen LogP contribution is -2.11. The molecule has 3 aromatic rings. The predicted octanol–water partition coefficient (Wildman–Crippen LogP) is 2.15. The summed E-state index contributed by atoms with van der Waals surface area (Å²) in [5.74, 6) is 0. The highest BCUT2D eigenvalue weighted by Gasteiger charge is 2.18. The lowest BCUT2D eigenvalue weighted by Gasteiger charge is -1.94. The number of hydrogen-bond acceptors (Lipinski definition) is 4. The van der Waals surface area contributed by atoms with Crippen molar-refractivity contribution in [3.05, 3.63) is 30.1 Å². The summed E-state index contributed by atoms with van der Waals surface area (Å²) < 4.78 is 3.31. The van der Waals surface area contributed by atoms with Gasteiger partial charge in [0.25, 0.3) is 0 Å². The Labute approximate surface area is 114 Å². The van der Waals surface area contributed by atoms with E-state index in [4.69, 9.17) is 0 Å². The molecule has 1 fully saturated rings. The van der Waals surface area contributed by atoms with Crippen LogP contribution < -0.4 is 5.32 Å². The first-order valence-electron chi connectivity index (χ1n) is 6.17. The van der Waals surface area contributed by atoms with Crippen LogP contribution in [0.1, 0.15) is 18.4 Å². The van der Waals surface area contributed by atoms with E-state index in [1.54, 1.807) is 17.7 Å². The van der Waals surface area contributed by atoms with Crippen molar-refractivity contribution in [1.29, 1.82) is 0 Å². The predicted molar refractivity (Wildman–Crippen MR) is 75.3 cm³/mol. The van der Waals surface area contributed by atoms with Gasteiger partial charge >= 0.3 is 0 Å². The Bertz CT molecular complexity index is 714. The van der Waals surface area contributed by atoms with Crippen LogP contribution in [0.3, 0.4) is 0 Å². The van der Waals surface area contributed by atoms with Gasteiger partial charge in [0.1, 0.15) is 6.33 Å². The second-order valence-electron chi connectivity index (χ2n) is 4.57. The Morgan fingerprint density at radius 1 is 1.47 bits per heavy atom. The standard InChI is InChI=1S/C9H7N3S.C4H7NO/c1-6-3-2-4-7-8(6)12-5-10-11-9(12)13-7;6-3-5-4-1-2-4/h2-5H,1H3;3-4H,1-2H2,(H,5,6). The molecule has 1 aliphatic rings. The monoisotopic (exact) mass is 274 g/mol. The fraction of sp³-hybridized carbons (Fsp3) is 0.308. The van der Waals surface area contributed by atoms with Crippen LogP contribution in [0.25, 0.3) is 15.2 Å². The topological polar surface area (TPSA) is 59.3 Å². The van der Waals surface area contributed by atoms with Gasteiger partial charge in [0.15, 0.2) is 0 Å². The maximum absolute atomic E-state index is 9.54. The molecule has 0 spiro atoms. The van der Waals surface area contributed by atoms with Gasteiger partial charge in [0.2, 0.25) is 11.4 Å². The van der Waals surface area contributed by atoms with Crippen molar-refractivity contribution in [2.75, 3.05) is 0 Å². The number of aryl methyl sites for hydroxylation is 1. The van der Waals surface area contributed by atoms with Gasteiger partial charge in [-0.2, -0.15) is 0 Å². The van der Waals surface area contributed by atoms with E-state index in [1.807, 2.05) is 4.40 Å². The van der Waals surface area contributed by atoms with Crippen LogP contribution in [0, 0.1) is 6.92 Å². The third-order valence-electron chi connectivity index (χ3n) is 3.04. The number of carbonyl (C=O) groups excluding carboxylic acids is 1. The first kappa shape index (κ1) is 12.1. The highest BCUT2D eigenvalue weighted by atomic mass is 32.1. The summed E-state index contributed by atoms with van der Waals surface area (Å²) in [6.45, 7) is 2.11. The molecule has 0 bridgehead atoms. The van der Waals surface area contributed by atoms with E-state index in [1.165, 1.54) is 28.6 Å². The minimum absolute atomic E-state index is 0.530. The highest BCUT2D eigenvalue weighted by Crippen LogP contribution is 2.26. The first-order chi connectivity index (χ1) is 9.29. The quantitative estimate of drug-likeness (QED) is 0.728. The van der Waals surface area contributed by atoms with E-state index >= 15 is 0 Å². The van der Waals surface area contributed by atoms with Crippen molar-refractivity contribution >= 4 is 32.9 Å². The van der Waals surface area contributed by atoms with Crippen LogP contribution in [0.2, 0.25) is 0 Å². The lowest BCUT2D eigenvalue weighted by atomic mass is 10.2. The second kappa shape index (κ2) is 4.97. The summed E-state index contributed by atoms with van der Waals surface area (Å²) in [5.41, 5.74) is 2.50. The smallest absolute Gasteiger partial charge is 0.217 e. The van der Waals surface area contributed by atoms with E-state index < -0.39 is 0 Å². The van der Waals surface area contributed by atoms with Gasteiger partial charge in [0.05, 0.1) is 10.2 Å². The van der Waals surface area contributed by atoms with Crippen molar-refractivity contribution < 1.29 is 4.79 Å². The zero-order valence-corrected chi connectivity index (χ0v) is 11.4. The molecule has 6 heteroatoms. The third-order valence-corrected chi connectivity index (χ3v) is 4.05. The molecule has 0 atom stereocenters. The number of thiazole rings is 1. The molecule has 1 aliphatic carbocycles. The number of nitrogens with one attached hydrogen (secondary N) is 1. The molecule has 5 nitrogen and oxygen atoms in total. The molecule has 0 aliphatic heterocycles. The van der Waals surface area contributed by atoms with E-state index in [0.29, 0.717) is 6.04 Å². The molecule has 98 valence electrons. The molecule has 1 N–H and O–H groups in total. The number of aromatic nitrogens is 3. The highest BCUT2D eigenvalue weighted by molar-refractivity contribution is 7.23. The average Bonchev–Trinajstić information content (AvgIpc) is 2.97. The Balaban J connectivity index is 0.000000155. The van der Waals surface area contributed by atoms with Crippen LogP contribution in [0.4, 0.5) is 0 Å². The number of nitrogens with zero attached hydrogens (tertiary/aromatic N) is 3. The number of amides is 1. The average molecular weight is 274 g/mol. The number of fused-ring (bicyclic) bond motifs is 3. The summed E-state index contributed by atoms with van der Waals surface area (Å²) in [6.07, 6.45) is 4.89. The molecular weight excluding hydrogens is 260 g/mol. The van der Waals surface area contributed by atoms with Crippen LogP contribution in [-0.4, -0.2) is 27.0 Å². The van der Waals surface area contributed by atoms with E-state index in [9.17, 15) is 4.79 Å². The third kappa shape index (κ3) is 2.44. The second-order valence-corrected chi connectivity index (χ2v) is 5.58. The maximum atomic E-state index is 9.54. The lowest BCUT2D eigenvalue weighted by molar-refractivity contribution is -0.109. The summed E-state index contributed by atoms with van der Waals surface area (Å²) in [6, 6.07) is 6.82. The Morgan fingerprint density at radius 3 is 3.00 bits per heavy atom. The molecule has 4 rings (SSSR count). The van der Waals surface area contributed by atoms with Gasteiger partial charge in [-0.05, 0) is 31.4 Å². The molecule has 1 saturated carbocycles. The van der Waals surface area contributed by atoms with Crippen molar-refractivity contribution in [3.63, 3.8) is 0 Å². The number of para-hydroxylation sites is 1. The zero-order valence-electron chi connectivity index (χ0n) is 10.5. The summed E-state index contributed by atoms with van der Waals surface area (Å²) in [4.78, 5) is 10.5. The molecule has 19 heavy (non-hydrogen) atoms. The van der Waals surface area contributed by atoms with Gasteiger partial charge in [-0.1, -0.05) is 23.5 Å². The molecule has 0 unspecified atom stereocenters. The van der Waals surface area contributed by atoms with Gasteiger partial charge in [-0.3, -0.25) is 9.20 Å². The van der Waals surface area contributed by atoms with Crippen molar-refractivity contribution in [2.24, 2.45) is 0 Å². The molecular formula is C13H14N4OS. The number of rotatable bonds is 2. The van der Waals surface area contributed by atoms with Crippen LogP contribution in [0.5, 0.6) is 0 Å². The van der Waals surface area contributed by atoms with Gasteiger partial charge in [-0.25, -0.2) is 0 Å². The van der Waals surface area contributed by atoms with Crippen LogP contribution in [-0.2, 0) is 4.79 Å². The van der Waals surface area contributed by atoms with Gasteiger partial charge in [0, 0.05) is 6.04 Å². The van der Waals surface area contributed by atoms with E-state index in [-0.39, 0.29) is 0 Å². The first-order valence-corrected chi connectivity index (χ1v) is 6.99. The number of hydrogen-bond donors (Lipinski definition) is 1. The summed E-state index contributed by atoms with van der Waals surface area (Å²) in [7, 11) is 0. The molecule has 0 saturated heterocycles. The molecule has 1 amide bonds. The van der Waals surface area contributed by atoms with Gasteiger partial charge in [-0.15, -0.1) is 10.2 Å². The maximum Gasteiger partial charge on any atom is 0.217 e. The Hall–Kier alpha value is -1.95. The SMILES string of the molecule is Cc1cccc2sc3nncn3c12.O=CNC1CC1. The molecule has 2 heterocycles. The zero-order chi connectivity index (χ0) is 13.2. The van der Waals surface area contributed by atoms with E-state index in [0.717, 1.165) is 11.4 Å². The minimum Gasteiger partial charge on any atom is -0.356 e. The van der Waals surface area contributed by atoms with Crippen molar-refractivity contribution in [3.8, 4) is 0 Å². The molecule has 2 aromatic heterocycles. The number of carbonyl (C=O) groups is 1. The fourth-order valence-corrected chi connectivity index (χ4v) is 2.94. The summed E-state index contributed by atoms with van der Waals surface area (Å²) >= 11 is 1.67. The molecule has 0 radical (unpaired) electrons. The Kier molecular flexibility index (Phi) is 3.16. The Morgan fingerprint density at radius 2 is 2.32 bits per heavy atom. The van der Waals surface area contributed by atoms with Crippen molar-refractivity contribution in [1.82, 2.24) is 19.9 Å². The largest absolute Gasteiger partial charge is 0.356 e. The fourth-order valence-electron chi connectivity index (χ4n) is 1.92. The normalized spacial score (nSPS) is 14.2. The number of benzene rings is 1. The minimum atomic E-state index is 0.530. The summed E-state index contributed by atoms with van der Waals surface area (Å²) in [5, 5.41) is 10.5. The van der Waals surface area contributed by atoms with E-state index in [2.05, 4.69) is 40.6 Å².